The molecule has 19 heavy (non-hydrogen) atoms. The van der Waals surface area contributed by atoms with Crippen LogP contribution >= 0.6 is 0 Å². The van der Waals surface area contributed by atoms with E-state index in [9.17, 15) is 13.2 Å². The Bertz CT molecular complexity index is 400. The predicted octanol–water partition coefficient (Wildman–Crippen LogP) is 0.672. The van der Waals surface area contributed by atoms with Gasteiger partial charge in [0.2, 0.25) is 0 Å². The predicted molar refractivity (Wildman–Crippen MR) is 72.7 cm³/mol. The molecule has 0 aliphatic carbocycles. The molecule has 1 heterocycles. The molecule has 0 aromatic carbocycles. The molecule has 0 aromatic heterocycles. The van der Waals surface area contributed by atoms with Gasteiger partial charge in [0.05, 0.1) is 12.5 Å². The lowest BCUT2D eigenvalue weighted by atomic mass is 9.98. The number of carbonyl (C=O) groups excluding carboxylic acids is 1. The van der Waals surface area contributed by atoms with Gasteiger partial charge >= 0.3 is 5.97 Å². The second-order valence-electron chi connectivity index (χ2n) is 4.40. The number of nitrogens with zero attached hydrogens (tertiary/aromatic N) is 1. The van der Waals surface area contributed by atoms with Crippen molar-refractivity contribution in [3.05, 3.63) is 12.7 Å². The molecule has 0 aromatic rings. The largest absolute Gasteiger partial charge is 0.466 e. The first kappa shape index (κ1) is 16.1. The van der Waals surface area contributed by atoms with E-state index in [1.807, 2.05) is 0 Å². The Hall–Kier alpha value is -0.920. The smallest absolute Gasteiger partial charge is 0.309 e. The molecule has 1 saturated heterocycles. The van der Waals surface area contributed by atoms with Crippen LogP contribution < -0.4 is 4.72 Å². The van der Waals surface area contributed by atoms with Crippen molar-refractivity contribution in [2.24, 2.45) is 5.92 Å². The number of esters is 1. The minimum Gasteiger partial charge on any atom is -0.466 e. The highest BCUT2D eigenvalue weighted by Gasteiger charge is 2.31. The number of hydrogen-bond donors (Lipinski definition) is 1. The number of hydrogen-bond acceptors (Lipinski definition) is 4. The third-order valence-electron chi connectivity index (χ3n) is 3.05. The van der Waals surface area contributed by atoms with Crippen molar-refractivity contribution < 1.29 is 17.9 Å². The Morgan fingerprint density at radius 3 is 2.63 bits per heavy atom. The van der Waals surface area contributed by atoms with Gasteiger partial charge in [0.25, 0.3) is 10.2 Å². The lowest BCUT2D eigenvalue weighted by molar-refractivity contribution is -0.149. The summed E-state index contributed by atoms with van der Waals surface area (Å²) in [5, 5.41) is 0. The summed E-state index contributed by atoms with van der Waals surface area (Å²) in [6, 6.07) is 0. The van der Waals surface area contributed by atoms with Gasteiger partial charge in [-0.1, -0.05) is 6.08 Å². The minimum atomic E-state index is -3.43. The van der Waals surface area contributed by atoms with Crippen LogP contribution in [0.3, 0.4) is 0 Å². The van der Waals surface area contributed by atoms with E-state index in [1.54, 1.807) is 13.0 Å². The van der Waals surface area contributed by atoms with E-state index in [4.69, 9.17) is 4.74 Å². The van der Waals surface area contributed by atoms with Crippen molar-refractivity contribution in [3.63, 3.8) is 0 Å². The Morgan fingerprint density at radius 2 is 2.11 bits per heavy atom. The Morgan fingerprint density at radius 1 is 1.47 bits per heavy atom. The molecule has 0 radical (unpaired) electrons. The van der Waals surface area contributed by atoms with E-state index in [2.05, 4.69) is 11.3 Å². The van der Waals surface area contributed by atoms with E-state index in [1.165, 1.54) is 4.31 Å². The lowest BCUT2D eigenvalue weighted by Gasteiger charge is -2.29. The maximum atomic E-state index is 11.9. The van der Waals surface area contributed by atoms with Crippen LogP contribution in [0.2, 0.25) is 0 Å². The van der Waals surface area contributed by atoms with Gasteiger partial charge in [-0.2, -0.15) is 12.7 Å². The van der Waals surface area contributed by atoms with Crippen LogP contribution in [0.15, 0.2) is 12.7 Å². The summed E-state index contributed by atoms with van der Waals surface area (Å²) < 4.78 is 32.7. The third-order valence-corrected chi connectivity index (χ3v) is 4.66. The summed E-state index contributed by atoms with van der Waals surface area (Å²) >= 11 is 0. The summed E-state index contributed by atoms with van der Waals surface area (Å²) in [5.41, 5.74) is 0. The fraction of sp³-hybridized carbons (Fsp3) is 0.750. The average molecular weight is 290 g/mol. The van der Waals surface area contributed by atoms with Crippen molar-refractivity contribution in [2.45, 2.75) is 26.2 Å². The summed E-state index contributed by atoms with van der Waals surface area (Å²) in [7, 11) is -3.43. The Kier molecular flexibility index (Phi) is 6.47. The molecule has 0 saturated carbocycles. The van der Waals surface area contributed by atoms with E-state index in [0.717, 1.165) is 0 Å². The van der Waals surface area contributed by atoms with Crippen LogP contribution in [-0.2, 0) is 19.7 Å². The van der Waals surface area contributed by atoms with Gasteiger partial charge < -0.3 is 4.74 Å². The van der Waals surface area contributed by atoms with Crippen LogP contribution in [0.1, 0.15) is 26.2 Å². The van der Waals surface area contributed by atoms with Crippen molar-refractivity contribution in [2.75, 3.05) is 26.2 Å². The molecule has 0 amide bonds. The monoisotopic (exact) mass is 290 g/mol. The minimum absolute atomic E-state index is 0.181. The van der Waals surface area contributed by atoms with E-state index >= 15 is 0 Å². The lowest BCUT2D eigenvalue weighted by Crippen LogP contribution is -2.46. The van der Waals surface area contributed by atoms with Crippen molar-refractivity contribution >= 4 is 16.2 Å². The molecule has 0 atom stereocenters. The molecule has 0 unspecified atom stereocenters. The molecule has 1 fully saturated rings. The van der Waals surface area contributed by atoms with Gasteiger partial charge in [-0.05, 0) is 26.2 Å². The summed E-state index contributed by atoms with van der Waals surface area (Å²) in [5.74, 6) is -0.404. The molecule has 1 rings (SSSR count). The SMILES string of the molecule is C=CCCNS(=O)(=O)N1CCC(C(=O)OCC)CC1. The zero-order valence-electron chi connectivity index (χ0n) is 11.3. The average Bonchev–Trinajstić information content (AvgIpc) is 2.39. The highest BCUT2D eigenvalue weighted by atomic mass is 32.2. The fourth-order valence-corrected chi connectivity index (χ4v) is 3.22. The van der Waals surface area contributed by atoms with Gasteiger partial charge in [0.15, 0.2) is 0 Å². The van der Waals surface area contributed by atoms with Crippen molar-refractivity contribution in [1.82, 2.24) is 9.03 Å². The standard InChI is InChI=1S/C12H22N2O4S/c1-3-5-8-13-19(16,17)14-9-6-11(7-10-14)12(15)18-4-2/h3,11,13H,1,4-10H2,2H3. The van der Waals surface area contributed by atoms with Crippen LogP contribution in [0.5, 0.6) is 0 Å². The van der Waals surface area contributed by atoms with Crippen LogP contribution in [0.25, 0.3) is 0 Å². The first-order valence-corrected chi connectivity index (χ1v) is 7.97. The van der Waals surface area contributed by atoms with Gasteiger partial charge in [-0.15, -0.1) is 6.58 Å². The molecular weight excluding hydrogens is 268 g/mol. The van der Waals surface area contributed by atoms with Crippen LogP contribution in [-0.4, -0.2) is 44.9 Å². The van der Waals surface area contributed by atoms with Crippen molar-refractivity contribution in [1.29, 1.82) is 0 Å². The van der Waals surface area contributed by atoms with Crippen molar-refractivity contribution in [3.8, 4) is 0 Å². The maximum absolute atomic E-state index is 11.9. The zero-order valence-corrected chi connectivity index (χ0v) is 12.1. The zero-order chi connectivity index (χ0) is 14.3. The number of rotatable bonds is 7. The normalized spacial score (nSPS) is 18.2. The van der Waals surface area contributed by atoms with E-state index in [0.29, 0.717) is 45.5 Å². The van der Waals surface area contributed by atoms with Gasteiger partial charge in [-0.25, -0.2) is 4.72 Å². The summed E-state index contributed by atoms with van der Waals surface area (Å²) in [6.45, 7) is 6.73. The first-order valence-electron chi connectivity index (χ1n) is 6.53. The molecule has 6 nitrogen and oxygen atoms in total. The molecule has 1 N–H and O–H groups in total. The summed E-state index contributed by atoms with van der Waals surface area (Å²) in [6.07, 6.45) is 3.29. The molecule has 110 valence electrons. The summed E-state index contributed by atoms with van der Waals surface area (Å²) in [4.78, 5) is 11.5. The number of ether oxygens (including phenoxy) is 1. The number of carbonyl (C=O) groups is 1. The number of nitrogens with one attached hydrogen (secondary N) is 1. The highest BCUT2D eigenvalue weighted by Crippen LogP contribution is 2.20. The second-order valence-corrected chi connectivity index (χ2v) is 6.16. The number of piperidine rings is 1. The molecular formula is C12H22N2O4S. The molecule has 0 spiro atoms. The highest BCUT2D eigenvalue weighted by molar-refractivity contribution is 7.87. The molecule has 0 bridgehead atoms. The molecule has 1 aliphatic rings. The van der Waals surface area contributed by atoms with Gasteiger partial charge in [0, 0.05) is 19.6 Å². The fourth-order valence-electron chi connectivity index (χ4n) is 1.97. The second kappa shape index (κ2) is 7.62. The topological polar surface area (TPSA) is 75.7 Å². The Balaban J connectivity index is 2.44. The Labute approximate surface area is 115 Å². The first-order chi connectivity index (χ1) is 9.01. The van der Waals surface area contributed by atoms with Gasteiger partial charge in [0.1, 0.15) is 0 Å². The molecule has 1 aliphatic heterocycles. The quantitative estimate of drug-likeness (QED) is 0.425. The third kappa shape index (κ3) is 4.93. The van der Waals surface area contributed by atoms with E-state index < -0.39 is 10.2 Å². The van der Waals surface area contributed by atoms with E-state index in [-0.39, 0.29) is 11.9 Å². The van der Waals surface area contributed by atoms with Crippen LogP contribution in [0.4, 0.5) is 0 Å². The molecule has 7 heteroatoms. The van der Waals surface area contributed by atoms with Crippen LogP contribution in [0, 0.1) is 5.92 Å². The van der Waals surface area contributed by atoms with Gasteiger partial charge in [-0.3, -0.25) is 4.79 Å². The maximum Gasteiger partial charge on any atom is 0.309 e.